The van der Waals surface area contributed by atoms with Crippen LogP contribution in [0.1, 0.15) is 50.2 Å². The molecule has 2 atom stereocenters. The Labute approximate surface area is 193 Å². The fourth-order valence-electron chi connectivity index (χ4n) is 4.86. The number of ether oxygens (including phenoxy) is 1. The summed E-state index contributed by atoms with van der Waals surface area (Å²) in [5.74, 6) is -1.80. The minimum Gasteiger partial charge on any atom is -0.481 e. The van der Waals surface area contributed by atoms with Gasteiger partial charge in [-0.05, 0) is 48.4 Å². The predicted octanol–water partition coefficient (Wildman–Crippen LogP) is 4.02. The third-order valence-corrected chi connectivity index (χ3v) is 6.96. The molecule has 7 heteroatoms. The summed E-state index contributed by atoms with van der Waals surface area (Å²) in [7, 11) is 0. The molecule has 33 heavy (non-hydrogen) atoms. The van der Waals surface area contributed by atoms with Crippen molar-refractivity contribution in [3.8, 4) is 11.1 Å². The molecule has 2 aromatic carbocycles. The molecule has 0 saturated carbocycles. The van der Waals surface area contributed by atoms with Crippen molar-refractivity contribution in [1.82, 2.24) is 10.2 Å². The average molecular weight is 451 g/mol. The summed E-state index contributed by atoms with van der Waals surface area (Å²) >= 11 is 0. The quantitative estimate of drug-likeness (QED) is 0.693. The molecule has 1 aliphatic heterocycles. The van der Waals surface area contributed by atoms with Gasteiger partial charge in [0.2, 0.25) is 5.91 Å². The van der Waals surface area contributed by atoms with Crippen LogP contribution in [0.5, 0.6) is 0 Å². The molecule has 2 amide bonds. The van der Waals surface area contributed by atoms with Crippen molar-refractivity contribution in [2.45, 2.75) is 44.6 Å². The first-order valence-corrected chi connectivity index (χ1v) is 11.5. The highest BCUT2D eigenvalue weighted by Crippen LogP contribution is 2.44. The summed E-state index contributed by atoms with van der Waals surface area (Å²) in [6.07, 6.45) is 0.904. The fraction of sp³-hybridized carbons (Fsp3) is 0.423. The van der Waals surface area contributed by atoms with E-state index in [1.807, 2.05) is 31.2 Å². The van der Waals surface area contributed by atoms with Gasteiger partial charge in [-0.1, -0.05) is 55.5 Å². The number of carbonyl (C=O) groups excluding carboxylic acids is 2. The molecule has 1 heterocycles. The van der Waals surface area contributed by atoms with Crippen LogP contribution in [0.3, 0.4) is 0 Å². The number of nitrogens with one attached hydrogen (secondary N) is 1. The molecule has 0 aromatic heterocycles. The van der Waals surface area contributed by atoms with E-state index in [1.54, 1.807) is 11.8 Å². The van der Waals surface area contributed by atoms with E-state index in [9.17, 15) is 19.5 Å². The normalized spacial score (nSPS) is 19.2. The van der Waals surface area contributed by atoms with Gasteiger partial charge in [-0.15, -0.1) is 0 Å². The van der Waals surface area contributed by atoms with Gasteiger partial charge in [0.1, 0.15) is 12.1 Å². The lowest BCUT2D eigenvalue weighted by atomic mass is 9.92. The van der Waals surface area contributed by atoms with Gasteiger partial charge in [0.25, 0.3) is 0 Å². The number of hydrogen-bond donors (Lipinski definition) is 2. The molecule has 4 rings (SSSR count). The highest BCUT2D eigenvalue weighted by molar-refractivity contribution is 5.90. The molecule has 1 aliphatic carbocycles. The average Bonchev–Trinajstić information content (AvgIpc) is 3.16. The van der Waals surface area contributed by atoms with E-state index in [-0.39, 0.29) is 25.0 Å². The summed E-state index contributed by atoms with van der Waals surface area (Å²) in [4.78, 5) is 38.9. The van der Waals surface area contributed by atoms with Crippen molar-refractivity contribution < 1.29 is 24.2 Å². The second kappa shape index (κ2) is 9.25. The molecule has 174 valence electrons. The number of carboxylic acids is 1. The van der Waals surface area contributed by atoms with Gasteiger partial charge in [0, 0.05) is 19.0 Å². The van der Waals surface area contributed by atoms with Crippen molar-refractivity contribution in [1.29, 1.82) is 0 Å². The molecule has 0 radical (unpaired) electrons. The number of benzene rings is 2. The molecule has 0 bridgehead atoms. The van der Waals surface area contributed by atoms with Gasteiger partial charge in [-0.2, -0.15) is 0 Å². The van der Waals surface area contributed by atoms with Crippen LogP contribution in [0.4, 0.5) is 4.79 Å². The first kappa shape index (κ1) is 22.8. The SMILES string of the molecule is CCC(C)(NC(=O)OCC1c2ccccc2-c2ccccc21)C(=O)N1CCC[C@H](C(=O)O)C1. The molecular weight excluding hydrogens is 420 g/mol. The largest absolute Gasteiger partial charge is 0.481 e. The predicted molar refractivity (Wildman–Crippen MR) is 124 cm³/mol. The second-order valence-corrected chi connectivity index (χ2v) is 9.06. The Kier molecular flexibility index (Phi) is 6.40. The number of carboxylic acid groups (broad SMARTS) is 1. The molecule has 2 aliphatic rings. The first-order valence-electron chi connectivity index (χ1n) is 11.5. The smallest absolute Gasteiger partial charge is 0.408 e. The van der Waals surface area contributed by atoms with Crippen molar-refractivity contribution in [3.63, 3.8) is 0 Å². The van der Waals surface area contributed by atoms with Crippen LogP contribution in [-0.4, -0.2) is 53.2 Å². The van der Waals surface area contributed by atoms with Crippen molar-refractivity contribution in [2.75, 3.05) is 19.7 Å². The van der Waals surface area contributed by atoms with E-state index < -0.39 is 23.5 Å². The maximum atomic E-state index is 13.2. The standard InChI is InChI=1S/C26H30N2O5/c1-3-26(2,24(31)28-14-8-9-17(15-28)23(29)30)27-25(32)33-16-22-20-12-6-4-10-18(20)19-11-5-7-13-21(19)22/h4-7,10-13,17,22H,3,8-9,14-16H2,1-2H3,(H,27,32)(H,29,30)/t17-,26?/m0/s1. The van der Waals surface area contributed by atoms with Gasteiger partial charge < -0.3 is 20.1 Å². The van der Waals surface area contributed by atoms with Gasteiger partial charge in [-0.3, -0.25) is 9.59 Å². The molecule has 1 saturated heterocycles. The molecule has 2 aromatic rings. The molecular formula is C26H30N2O5. The number of alkyl carbamates (subject to hydrolysis) is 1. The summed E-state index contributed by atoms with van der Waals surface area (Å²) in [6, 6.07) is 16.2. The van der Waals surface area contributed by atoms with E-state index in [0.717, 1.165) is 22.3 Å². The molecule has 0 spiro atoms. The van der Waals surface area contributed by atoms with Crippen molar-refractivity contribution >= 4 is 18.0 Å². The maximum Gasteiger partial charge on any atom is 0.408 e. The number of carbonyl (C=O) groups is 3. The lowest BCUT2D eigenvalue weighted by Gasteiger charge is -2.37. The van der Waals surface area contributed by atoms with Gasteiger partial charge in [0.15, 0.2) is 0 Å². The van der Waals surface area contributed by atoms with E-state index in [2.05, 4.69) is 29.6 Å². The third-order valence-electron chi connectivity index (χ3n) is 6.96. The lowest BCUT2D eigenvalue weighted by Crippen LogP contribution is -2.59. The summed E-state index contributed by atoms with van der Waals surface area (Å²) in [5.41, 5.74) is 3.37. The highest BCUT2D eigenvalue weighted by Gasteiger charge is 2.40. The van der Waals surface area contributed by atoms with Crippen molar-refractivity contribution in [3.05, 3.63) is 59.7 Å². The number of aliphatic carboxylic acids is 1. The molecule has 1 fully saturated rings. The zero-order chi connectivity index (χ0) is 23.6. The van der Waals surface area contributed by atoms with Gasteiger partial charge in [0.05, 0.1) is 5.92 Å². The van der Waals surface area contributed by atoms with Crippen LogP contribution in [0, 0.1) is 5.92 Å². The topological polar surface area (TPSA) is 95.9 Å². The number of rotatable bonds is 6. The zero-order valence-electron chi connectivity index (χ0n) is 19.0. The van der Waals surface area contributed by atoms with E-state index in [0.29, 0.717) is 25.8 Å². The third kappa shape index (κ3) is 4.45. The van der Waals surface area contributed by atoms with Crippen molar-refractivity contribution in [2.24, 2.45) is 5.92 Å². The summed E-state index contributed by atoms with van der Waals surface area (Å²) in [6.45, 7) is 4.31. The zero-order valence-corrected chi connectivity index (χ0v) is 19.0. The minimum absolute atomic E-state index is 0.0647. The Bertz CT molecular complexity index is 1020. The van der Waals surface area contributed by atoms with Crippen LogP contribution in [0.15, 0.2) is 48.5 Å². The Balaban J connectivity index is 1.42. The van der Waals surface area contributed by atoms with Gasteiger partial charge >= 0.3 is 12.1 Å². The summed E-state index contributed by atoms with van der Waals surface area (Å²) in [5, 5.41) is 12.1. The minimum atomic E-state index is -1.16. The van der Waals surface area contributed by atoms with Crippen LogP contribution in [-0.2, 0) is 14.3 Å². The van der Waals surface area contributed by atoms with Gasteiger partial charge in [-0.25, -0.2) is 4.79 Å². The number of amides is 2. The monoisotopic (exact) mass is 450 g/mol. The lowest BCUT2D eigenvalue weighted by molar-refractivity contribution is -0.147. The number of fused-ring (bicyclic) bond motifs is 3. The van der Waals surface area contributed by atoms with Crippen LogP contribution >= 0.6 is 0 Å². The molecule has 1 unspecified atom stereocenters. The van der Waals surface area contributed by atoms with Crippen LogP contribution in [0.25, 0.3) is 11.1 Å². The number of piperidine rings is 1. The molecule has 2 N–H and O–H groups in total. The Hall–Kier alpha value is -3.35. The second-order valence-electron chi connectivity index (χ2n) is 9.06. The number of likely N-dealkylation sites (tertiary alicyclic amines) is 1. The Morgan fingerprint density at radius 3 is 2.27 bits per heavy atom. The molecule has 7 nitrogen and oxygen atoms in total. The fourth-order valence-corrected chi connectivity index (χ4v) is 4.86. The highest BCUT2D eigenvalue weighted by atomic mass is 16.5. The van der Waals surface area contributed by atoms with Crippen LogP contribution in [0.2, 0.25) is 0 Å². The Morgan fingerprint density at radius 2 is 1.70 bits per heavy atom. The first-order chi connectivity index (χ1) is 15.8. The maximum absolute atomic E-state index is 13.2. The van der Waals surface area contributed by atoms with E-state index in [1.165, 1.54) is 0 Å². The van der Waals surface area contributed by atoms with E-state index in [4.69, 9.17) is 4.74 Å². The summed E-state index contributed by atoms with van der Waals surface area (Å²) < 4.78 is 5.62. The van der Waals surface area contributed by atoms with E-state index >= 15 is 0 Å². The number of hydrogen-bond acceptors (Lipinski definition) is 4. The number of nitrogens with zero attached hydrogens (tertiary/aromatic N) is 1. The van der Waals surface area contributed by atoms with Crippen LogP contribution < -0.4 is 5.32 Å². The Morgan fingerprint density at radius 1 is 1.09 bits per heavy atom.